The average Bonchev–Trinajstić information content (AvgIpc) is 2.74. The Kier molecular flexibility index (Phi) is 2.72. The Balaban J connectivity index is 2.20. The molecule has 0 bridgehead atoms. The number of imidazole rings is 1. The van der Waals surface area contributed by atoms with E-state index in [2.05, 4.69) is 4.98 Å². The zero-order valence-corrected chi connectivity index (χ0v) is 10.7. The van der Waals surface area contributed by atoms with Gasteiger partial charge in [-0.05, 0) is 42.3 Å². The van der Waals surface area contributed by atoms with Crippen LogP contribution in [-0.4, -0.2) is 14.7 Å². The molecule has 96 valence electrons. The summed E-state index contributed by atoms with van der Waals surface area (Å²) in [5.74, 6) is 0. The minimum atomic E-state index is 0.00102. The standard InChI is InChI=1S/C15H15N3O/c1-10-2-7-14-13(8-10)17-15(19)18(14)12-5-3-11(9-16)4-6-12/h2-8H,9,16H2,1H3,(H,17,19). The molecule has 19 heavy (non-hydrogen) atoms. The average molecular weight is 253 g/mol. The first-order valence-corrected chi connectivity index (χ1v) is 6.16. The molecule has 0 radical (unpaired) electrons. The molecule has 0 unspecified atom stereocenters. The molecule has 0 aliphatic rings. The number of aromatic hydroxyl groups is 1. The molecule has 0 spiro atoms. The van der Waals surface area contributed by atoms with Crippen LogP contribution >= 0.6 is 0 Å². The highest BCUT2D eigenvalue weighted by molar-refractivity contribution is 5.79. The van der Waals surface area contributed by atoms with Crippen molar-refractivity contribution in [2.45, 2.75) is 13.5 Å². The van der Waals surface area contributed by atoms with Crippen LogP contribution in [0.3, 0.4) is 0 Å². The van der Waals surface area contributed by atoms with Crippen molar-refractivity contribution in [3.8, 4) is 11.7 Å². The van der Waals surface area contributed by atoms with Gasteiger partial charge in [-0.1, -0.05) is 18.2 Å². The minimum absolute atomic E-state index is 0.00102. The quantitative estimate of drug-likeness (QED) is 0.737. The number of rotatable bonds is 2. The fourth-order valence-electron chi connectivity index (χ4n) is 2.21. The zero-order chi connectivity index (χ0) is 13.4. The lowest BCUT2D eigenvalue weighted by atomic mass is 10.2. The highest BCUT2D eigenvalue weighted by Crippen LogP contribution is 2.26. The number of fused-ring (bicyclic) bond motifs is 1. The molecule has 4 heteroatoms. The molecule has 4 nitrogen and oxygen atoms in total. The Morgan fingerprint density at radius 1 is 1.16 bits per heavy atom. The minimum Gasteiger partial charge on any atom is -0.480 e. The topological polar surface area (TPSA) is 64.1 Å². The summed E-state index contributed by atoms with van der Waals surface area (Å²) in [7, 11) is 0. The van der Waals surface area contributed by atoms with Crippen LogP contribution in [0.4, 0.5) is 0 Å². The molecule has 0 aliphatic heterocycles. The molecule has 0 atom stereocenters. The van der Waals surface area contributed by atoms with Gasteiger partial charge in [0.25, 0.3) is 6.01 Å². The van der Waals surface area contributed by atoms with Crippen molar-refractivity contribution in [2.24, 2.45) is 5.73 Å². The molecule has 1 aromatic heterocycles. The molecule has 3 aromatic rings. The van der Waals surface area contributed by atoms with E-state index in [-0.39, 0.29) is 6.01 Å². The number of nitrogens with zero attached hydrogens (tertiary/aromatic N) is 2. The van der Waals surface area contributed by atoms with E-state index in [0.29, 0.717) is 6.54 Å². The van der Waals surface area contributed by atoms with Crippen molar-refractivity contribution in [1.82, 2.24) is 9.55 Å². The van der Waals surface area contributed by atoms with Gasteiger partial charge < -0.3 is 10.8 Å². The molecular weight excluding hydrogens is 238 g/mol. The third-order valence-corrected chi connectivity index (χ3v) is 3.22. The van der Waals surface area contributed by atoms with Gasteiger partial charge in [0.1, 0.15) is 0 Å². The van der Waals surface area contributed by atoms with E-state index in [9.17, 15) is 5.11 Å². The predicted octanol–water partition coefficient (Wildman–Crippen LogP) is 2.50. The van der Waals surface area contributed by atoms with Gasteiger partial charge in [0.05, 0.1) is 16.7 Å². The molecule has 0 fully saturated rings. The maximum atomic E-state index is 10.0. The molecule has 0 amide bonds. The summed E-state index contributed by atoms with van der Waals surface area (Å²) < 4.78 is 1.73. The summed E-state index contributed by atoms with van der Waals surface area (Å²) in [6, 6.07) is 13.7. The van der Waals surface area contributed by atoms with Crippen molar-refractivity contribution < 1.29 is 5.11 Å². The summed E-state index contributed by atoms with van der Waals surface area (Å²) in [5.41, 5.74) is 10.3. The lowest BCUT2D eigenvalue weighted by Crippen LogP contribution is -1.98. The van der Waals surface area contributed by atoms with Gasteiger partial charge in [-0.3, -0.25) is 4.57 Å². The van der Waals surface area contributed by atoms with Crippen LogP contribution in [0.1, 0.15) is 11.1 Å². The fraction of sp³-hybridized carbons (Fsp3) is 0.133. The number of nitrogens with two attached hydrogens (primary N) is 1. The lowest BCUT2D eigenvalue weighted by molar-refractivity contribution is 0.425. The van der Waals surface area contributed by atoms with Gasteiger partial charge in [0.2, 0.25) is 0 Å². The highest BCUT2D eigenvalue weighted by atomic mass is 16.3. The summed E-state index contributed by atoms with van der Waals surface area (Å²) >= 11 is 0. The largest absolute Gasteiger partial charge is 0.480 e. The van der Waals surface area contributed by atoms with Crippen molar-refractivity contribution in [2.75, 3.05) is 0 Å². The van der Waals surface area contributed by atoms with Crippen molar-refractivity contribution in [3.05, 3.63) is 53.6 Å². The van der Waals surface area contributed by atoms with Crippen molar-refractivity contribution in [1.29, 1.82) is 0 Å². The fourth-order valence-corrected chi connectivity index (χ4v) is 2.21. The van der Waals surface area contributed by atoms with Crippen LogP contribution in [-0.2, 0) is 6.54 Å². The van der Waals surface area contributed by atoms with E-state index in [1.165, 1.54) is 0 Å². The van der Waals surface area contributed by atoms with E-state index < -0.39 is 0 Å². The van der Waals surface area contributed by atoms with Gasteiger partial charge in [-0.2, -0.15) is 4.98 Å². The molecule has 0 aliphatic carbocycles. The Hall–Kier alpha value is -2.33. The molecule has 2 aromatic carbocycles. The van der Waals surface area contributed by atoms with Gasteiger partial charge in [-0.25, -0.2) is 0 Å². The van der Waals surface area contributed by atoms with Crippen molar-refractivity contribution in [3.63, 3.8) is 0 Å². The van der Waals surface area contributed by atoms with Crippen LogP contribution < -0.4 is 5.73 Å². The Bertz CT molecular complexity index is 729. The first kappa shape index (κ1) is 11.7. The third-order valence-electron chi connectivity index (χ3n) is 3.22. The van der Waals surface area contributed by atoms with E-state index >= 15 is 0 Å². The maximum absolute atomic E-state index is 10.0. The van der Waals surface area contributed by atoms with E-state index in [4.69, 9.17) is 5.73 Å². The second-order valence-corrected chi connectivity index (χ2v) is 4.61. The molecule has 3 rings (SSSR count). The molecule has 0 saturated heterocycles. The van der Waals surface area contributed by atoms with Crippen LogP contribution in [0.15, 0.2) is 42.5 Å². The Morgan fingerprint density at radius 2 is 1.89 bits per heavy atom. The second-order valence-electron chi connectivity index (χ2n) is 4.61. The van der Waals surface area contributed by atoms with E-state index in [1.54, 1.807) is 4.57 Å². The predicted molar refractivity (Wildman–Crippen MR) is 75.4 cm³/mol. The normalized spacial score (nSPS) is 11.1. The smallest absolute Gasteiger partial charge is 0.299 e. The van der Waals surface area contributed by atoms with Gasteiger partial charge in [0, 0.05) is 6.54 Å². The molecule has 0 saturated carbocycles. The monoisotopic (exact) mass is 253 g/mol. The Labute approximate surface area is 111 Å². The molecule has 1 heterocycles. The highest BCUT2D eigenvalue weighted by Gasteiger charge is 2.11. The van der Waals surface area contributed by atoms with Gasteiger partial charge >= 0.3 is 0 Å². The number of aryl methyl sites for hydroxylation is 1. The first-order valence-electron chi connectivity index (χ1n) is 6.16. The van der Waals surface area contributed by atoms with Crippen molar-refractivity contribution >= 4 is 11.0 Å². The zero-order valence-electron chi connectivity index (χ0n) is 10.7. The van der Waals surface area contributed by atoms with Gasteiger partial charge in [0.15, 0.2) is 0 Å². The van der Waals surface area contributed by atoms with Gasteiger partial charge in [-0.15, -0.1) is 0 Å². The van der Waals surface area contributed by atoms with E-state index in [0.717, 1.165) is 27.8 Å². The summed E-state index contributed by atoms with van der Waals surface area (Å²) in [4.78, 5) is 4.19. The van der Waals surface area contributed by atoms with E-state index in [1.807, 2.05) is 49.4 Å². The third kappa shape index (κ3) is 1.96. The maximum Gasteiger partial charge on any atom is 0.299 e. The van der Waals surface area contributed by atoms with Crippen LogP contribution in [0.2, 0.25) is 0 Å². The molecule has 3 N–H and O–H groups in total. The first-order chi connectivity index (χ1) is 9.19. The summed E-state index contributed by atoms with van der Waals surface area (Å²) in [5, 5.41) is 10.0. The second kappa shape index (κ2) is 4.40. The van der Waals surface area contributed by atoms with Crippen LogP contribution in [0.25, 0.3) is 16.7 Å². The Morgan fingerprint density at radius 3 is 2.58 bits per heavy atom. The number of hydrogen-bond donors (Lipinski definition) is 2. The molecular formula is C15H15N3O. The SMILES string of the molecule is Cc1ccc2c(c1)nc(O)n2-c1ccc(CN)cc1. The lowest BCUT2D eigenvalue weighted by Gasteiger charge is -2.06. The van der Waals surface area contributed by atoms with Crippen LogP contribution in [0.5, 0.6) is 6.01 Å². The number of hydrogen-bond acceptors (Lipinski definition) is 3. The number of benzene rings is 2. The van der Waals surface area contributed by atoms with Crippen LogP contribution in [0, 0.1) is 6.92 Å². The summed E-state index contributed by atoms with van der Waals surface area (Å²) in [6.45, 7) is 2.52. The number of aromatic nitrogens is 2. The summed E-state index contributed by atoms with van der Waals surface area (Å²) in [6.07, 6.45) is 0.